The van der Waals surface area contributed by atoms with Crippen molar-refractivity contribution in [2.24, 2.45) is 17.6 Å². The van der Waals surface area contributed by atoms with Crippen molar-refractivity contribution in [3.8, 4) is 0 Å². The van der Waals surface area contributed by atoms with Crippen molar-refractivity contribution in [3.05, 3.63) is 0 Å². The maximum absolute atomic E-state index is 13.1. The van der Waals surface area contributed by atoms with Crippen LogP contribution in [0.5, 0.6) is 0 Å². The fourth-order valence-electron chi connectivity index (χ4n) is 3.90. The number of aliphatic carboxylic acids is 1. The molecule has 0 bridgehead atoms. The molecule has 1 rings (SSSR count). The van der Waals surface area contributed by atoms with Gasteiger partial charge in [-0.3, -0.25) is 24.0 Å². The van der Waals surface area contributed by atoms with Gasteiger partial charge in [0.25, 0.3) is 0 Å². The van der Waals surface area contributed by atoms with Crippen LogP contribution in [0, 0.1) is 11.8 Å². The number of hydrogen-bond acceptors (Lipinski definition) is 7. The minimum Gasteiger partial charge on any atom is -0.480 e. The van der Waals surface area contributed by atoms with Gasteiger partial charge in [-0.2, -0.15) is 0 Å². The number of carboxylic acids is 1. The molecular weight excluding hydrogens is 484 g/mol. The van der Waals surface area contributed by atoms with Gasteiger partial charge in [0.2, 0.25) is 29.5 Å². The Hall–Kier alpha value is -3.22. The monoisotopic (exact) mass is 526 g/mol. The Morgan fingerprint density at radius 3 is 1.78 bits per heavy atom. The number of carbonyl (C=O) groups excluding carboxylic acids is 5. The van der Waals surface area contributed by atoms with Gasteiger partial charge in [0.15, 0.2) is 0 Å². The minimum absolute atomic E-state index is 0.293. The van der Waals surface area contributed by atoms with Crippen LogP contribution in [-0.4, -0.2) is 88.3 Å². The molecule has 0 aromatic heterocycles. The number of nitrogens with two attached hydrogens (primary N) is 1. The summed E-state index contributed by atoms with van der Waals surface area (Å²) in [7, 11) is 0. The van der Waals surface area contributed by atoms with Crippen molar-refractivity contribution in [1.82, 2.24) is 26.2 Å². The number of amides is 5. The molecule has 0 aromatic rings. The molecule has 1 aliphatic heterocycles. The van der Waals surface area contributed by atoms with Gasteiger partial charge in [-0.15, -0.1) is 0 Å². The molecule has 1 fully saturated rings. The number of nitrogens with zero attached hydrogens (tertiary/aromatic N) is 1. The number of likely N-dealkylation sites (tertiary alicyclic amines) is 1. The predicted molar refractivity (Wildman–Crippen MR) is 135 cm³/mol. The van der Waals surface area contributed by atoms with Crippen LogP contribution in [-0.2, 0) is 28.8 Å². The van der Waals surface area contributed by atoms with Crippen molar-refractivity contribution in [3.63, 3.8) is 0 Å². The molecule has 5 amide bonds. The molecular formula is C24H42N6O7. The zero-order valence-electron chi connectivity index (χ0n) is 22.7. The minimum atomic E-state index is -1.17. The summed E-state index contributed by atoms with van der Waals surface area (Å²) >= 11 is 0. The van der Waals surface area contributed by atoms with Gasteiger partial charge in [0.05, 0.1) is 6.04 Å². The maximum Gasteiger partial charge on any atom is 0.326 e. The molecule has 0 unspecified atom stereocenters. The summed E-state index contributed by atoms with van der Waals surface area (Å²) in [6.45, 7) is 11.5. The fourth-order valence-corrected chi connectivity index (χ4v) is 3.90. The van der Waals surface area contributed by atoms with Gasteiger partial charge in [0, 0.05) is 6.54 Å². The molecule has 1 aliphatic rings. The zero-order valence-corrected chi connectivity index (χ0v) is 22.7. The average Bonchev–Trinajstić information content (AvgIpc) is 3.29. The van der Waals surface area contributed by atoms with Crippen molar-refractivity contribution >= 4 is 35.5 Å². The van der Waals surface area contributed by atoms with Gasteiger partial charge >= 0.3 is 5.97 Å². The van der Waals surface area contributed by atoms with Gasteiger partial charge in [0.1, 0.15) is 30.2 Å². The van der Waals surface area contributed by atoms with Gasteiger partial charge in [-0.25, -0.2) is 4.79 Å². The lowest BCUT2D eigenvalue weighted by atomic mass is 9.99. The highest BCUT2D eigenvalue weighted by Gasteiger charge is 2.39. The molecule has 0 aliphatic carbocycles. The van der Waals surface area contributed by atoms with E-state index in [1.165, 1.54) is 25.7 Å². The highest BCUT2D eigenvalue weighted by molar-refractivity contribution is 5.96. The predicted octanol–water partition coefficient (Wildman–Crippen LogP) is -1.30. The fraction of sp³-hybridized carbons (Fsp3) is 0.750. The van der Waals surface area contributed by atoms with Gasteiger partial charge in [-0.05, 0) is 45.4 Å². The standard InChI is InChI=1S/C24H42N6O7/c1-11(2)17(22(34)29-18(12(3)4)24(36)37)28-21(33)16-9-8-10-30(16)23(35)15(7)27-20(32)14(6)26-19(31)13(5)25/h11-18H,8-10,25H2,1-7H3,(H,26,31)(H,27,32)(H,28,33)(H,29,34)(H,36,37)/t13-,14-,15-,16-,17-,18-/m0/s1. The number of hydrogen-bond donors (Lipinski definition) is 6. The Bertz CT molecular complexity index is 876. The Morgan fingerprint density at radius 1 is 0.757 bits per heavy atom. The van der Waals surface area contributed by atoms with Crippen LogP contribution >= 0.6 is 0 Å². The molecule has 0 aromatic carbocycles. The van der Waals surface area contributed by atoms with E-state index in [9.17, 15) is 33.9 Å². The molecule has 6 atom stereocenters. The van der Waals surface area contributed by atoms with Crippen LogP contribution in [0.1, 0.15) is 61.3 Å². The molecule has 7 N–H and O–H groups in total. The van der Waals surface area contributed by atoms with E-state index in [0.29, 0.717) is 19.4 Å². The first kappa shape index (κ1) is 31.8. The summed E-state index contributed by atoms with van der Waals surface area (Å²) in [5.41, 5.74) is 5.49. The second kappa shape index (κ2) is 13.9. The second-order valence-corrected chi connectivity index (χ2v) is 10.2. The molecule has 0 radical (unpaired) electrons. The van der Waals surface area contributed by atoms with Crippen LogP contribution in [0.2, 0.25) is 0 Å². The van der Waals surface area contributed by atoms with E-state index in [2.05, 4.69) is 21.3 Å². The van der Waals surface area contributed by atoms with E-state index in [0.717, 1.165) is 0 Å². The summed E-state index contributed by atoms with van der Waals surface area (Å²) in [4.78, 5) is 76.0. The average molecular weight is 527 g/mol. The molecule has 1 heterocycles. The first-order valence-electron chi connectivity index (χ1n) is 12.6. The number of carbonyl (C=O) groups is 6. The third kappa shape index (κ3) is 8.99. The Balaban J connectivity index is 2.86. The SMILES string of the molecule is CC(C)[C@H](NC(=O)[C@@H](NC(=O)[C@@H]1CCCN1C(=O)[C@H](C)NC(=O)[C@H](C)NC(=O)[C@H](C)N)C(C)C)C(=O)O. The number of nitrogens with one attached hydrogen (secondary N) is 4. The molecule has 210 valence electrons. The number of carboxylic acid groups (broad SMARTS) is 1. The summed E-state index contributed by atoms with van der Waals surface area (Å²) in [6.07, 6.45) is 0.924. The van der Waals surface area contributed by atoms with Crippen LogP contribution < -0.4 is 27.0 Å². The van der Waals surface area contributed by atoms with Crippen molar-refractivity contribution < 1.29 is 33.9 Å². The lowest BCUT2D eigenvalue weighted by Gasteiger charge is -2.30. The lowest BCUT2D eigenvalue weighted by molar-refractivity contribution is -0.144. The summed E-state index contributed by atoms with van der Waals surface area (Å²) in [6, 6.07) is -5.65. The van der Waals surface area contributed by atoms with E-state index in [1.54, 1.807) is 27.7 Å². The smallest absolute Gasteiger partial charge is 0.326 e. The largest absolute Gasteiger partial charge is 0.480 e. The Labute approximate surface area is 217 Å². The topological polar surface area (TPSA) is 200 Å². The van der Waals surface area contributed by atoms with Crippen LogP contribution in [0.15, 0.2) is 0 Å². The maximum atomic E-state index is 13.1. The highest BCUT2D eigenvalue weighted by Crippen LogP contribution is 2.19. The highest BCUT2D eigenvalue weighted by atomic mass is 16.4. The second-order valence-electron chi connectivity index (χ2n) is 10.2. The molecule has 0 spiro atoms. The van der Waals surface area contributed by atoms with Crippen LogP contribution in [0.4, 0.5) is 0 Å². The van der Waals surface area contributed by atoms with Crippen molar-refractivity contribution in [1.29, 1.82) is 0 Å². The van der Waals surface area contributed by atoms with Crippen molar-refractivity contribution in [2.45, 2.75) is 97.6 Å². The van der Waals surface area contributed by atoms with E-state index in [1.807, 2.05) is 0 Å². The van der Waals surface area contributed by atoms with Gasteiger partial charge < -0.3 is 37.0 Å². The summed E-state index contributed by atoms with van der Waals surface area (Å²) in [5.74, 6) is -4.60. The molecule has 13 heteroatoms. The van der Waals surface area contributed by atoms with E-state index < -0.39 is 71.8 Å². The van der Waals surface area contributed by atoms with E-state index in [4.69, 9.17) is 5.73 Å². The molecule has 1 saturated heterocycles. The first-order valence-corrected chi connectivity index (χ1v) is 12.6. The van der Waals surface area contributed by atoms with E-state index in [-0.39, 0.29) is 11.8 Å². The Kier molecular flexibility index (Phi) is 12.0. The van der Waals surface area contributed by atoms with Gasteiger partial charge in [-0.1, -0.05) is 27.7 Å². The quantitative estimate of drug-likeness (QED) is 0.180. The summed E-state index contributed by atoms with van der Waals surface area (Å²) in [5, 5.41) is 19.5. The molecule has 0 saturated carbocycles. The third-order valence-electron chi connectivity index (χ3n) is 6.21. The zero-order chi connectivity index (χ0) is 28.6. The summed E-state index contributed by atoms with van der Waals surface area (Å²) < 4.78 is 0. The lowest BCUT2D eigenvalue weighted by Crippen LogP contribution is -2.59. The first-order chi connectivity index (χ1) is 17.1. The van der Waals surface area contributed by atoms with Crippen molar-refractivity contribution in [2.75, 3.05) is 6.54 Å². The third-order valence-corrected chi connectivity index (χ3v) is 6.21. The van der Waals surface area contributed by atoms with Crippen LogP contribution in [0.25, 0.3) is 0 Å². The molecule has 13 nitrogen and oxygen atoms in total. The molecule has 37 heavy (non-hydrogen) atoms. The van der Waals surface area contributed by atoms with E-state index >= 15 is 0 Å². The van der Waals surface area contributed by atoms with Crippen LogP contribution in [0.3, 0.4) is 0 Å². The number of rotatable bonds is 12. The Morgan fingerprint density at radius 2 is 1.30 bits per heavy atom. The normalized spacial score (nSPS) is 19.4.